The van der Waals surface area contributed by atoms with Crippen LogP contribution in [0.15, 0.2) is 30.3 Å². The van der Waals surface area contributed by atoms with Gasteiger partial charge in [-0.1, -0.05) is 18.2 Å². The van der Waals surface area contributed by atoms with E-state index in [4.69, 9.17) is 0 Å². The van der Waals surface area contributed by atoms with Crippen molar-refractivity contribution in [2.75, 3.05) is 13.1 Å². The molecule has 4 N–H and O–H groups in total. The molecule has 0 bridgehead atoms. The highest BCUT2D eigenvalue weighted by atomic mass is 16.2. The third kappa shape index (κ3) is 4.03. The van der Waals surface area contributed by atoms with Crippen LogP contribution in [0, 0.1) is 0 Å². The van der Waals surface area contributed by atoms with Gasteiger partial charge in [0, 0.05) is 12.1 Å². The van der Waals surface area contributed by atoms with Crippen molar-refractivity contribution in [3.63, 3.8) is 0 Å². The maximum Gasteiger partial charge on any atom is 0.322 e. The molecule has 0 aliphatic carbocycles. The Balaban J connectivity index is 1.72. The van der Waals surface area contributed by atoms with Gasteiger partial charge in [-0.05, 0) is 12.1 Å². The number of carbonyl (C=O) groups excluding carboxylic acids is 4. The summed E-state index contributed by atoms with van der Waals surface area (Å²) in [5.41, 5.74) is 0.452. The van der Waals surface area contributed by atoms with Crippen LogP contribution in [0.5, 0.6) is 0 Å². The van der Waals surface area contributed by atoms with Gasteiger partial charge in [-0.15, -0.1) is 0 Å². The molecule has 1 aliphatic heterocycles. The molecule has 1 heterocycles. The van der Waals surface area contributed by atoms with Gasteiger partial charge in [0.2, 0.25) is 5.91 Å². The fourth-order valence-electron chi connectivity index (χ4n) is 1.73. The van der Waals surface area contributed by atoms with Gasteiger partial charge in [-0.2, -0.15) is 0 Å². The molecule has 1 aromatic carbocycles. The number of benzene rings is 1. The third-order valence-corrected chi connectivity index (χ3v) is 2.81. The van der Waals surface area contributed by atoms with Crippen molar-refractivity contribution in [2.24, 2.45) is 0 Å². The summed E-state index contributed by atoms with van der Waals surface area (Å²) in [5.74, 6) is -1.31. The molecule has 110 valence electrons. The van der Waals surface area contributed by atoms with Crippen LogP contribution in [0.2, 0.25) is 0 Å². The summed E-state index contributed by atoms with van der Waals surface area (Å²) in [4.78, 5) is 45.3. The number of urea groups is 1. The van der Waals surface area contributed by atoms with Crippen LogP contribution in [0.25, 0.3) is 0 Å². The predicted molar refractivity (Wildman–Crippen MR) is 72.2 cm³/mol. The normalized spacial score (nSPS) is 16.9. The largest absolute Gasteiger partial charge is 0.352 e. The van der Waals surface area contributed by atoms with Crippen molar-refractivity contribution in [1.29, 1.82) is 0 Å². The fraction of sp³-hybridized carbons (Fsp3) is 0.231. The summed E-state index contributed by atoms with van der Waals surface area (Å²) in [7, 11) is 0. The first-order valence-corrected chi connectivity index (χ1v) is 6.27. The molecule has 0 saturated carbocycles. The van der Waals surface area contributed by atoms with Gasteiger partial charge >= 0.3 is 6.03 Å². The van der Waals surface area contributed by atoms with Crippen LogP contribution in [0.3, 0.4) is 0 Å². The second-order valence-corrected chi connectivity index (χ2v) is 4.37. The molecule has 1 atom stereocenters. The Morgan fingerprint density at radius 2 is 1.81 bits per heavy atom. The number of nitrogens with one attached hydrogen (secondary N) is 4. The average Bonchev–Trinajstić information content (AvgIpc) is 2.81. The van der Waals surface area contributed by atoms with E-state index in [1.165, 1.54) is 0 Å². The zero-order valence-electron chi connectivity index (χ0n) is 11.0. The lowest BCUT2D eigenvalue weighted by Gasteiger charge is -2.09. The Labute approximate surface area is 120 Å². The first-order valence-electron chi connectivity index (χ1n) is 6.27. The molecule has 1 aliphatic rings. The van der Waals surface area contributed by atoms with E-state index >= 15 is 0 Å². The van der Waals surface area contributed by atoms with Gasteiger partial charge in [0.25, 0.3) is 11.8 Å². The Kier molecular flexibility index (Phi) is 4.50. The number of hydrogen-bond acceptors (Lipinski definition) is 4. The van der Waals surface area contributed by atoms with Crippen LogP contribution in [-0.2, 0) is 9.59 Å². The van der Waals surface area contributed by atoms with E-state index in [0.717, 1.165) is 0 Å². The smallest absolute Gasteiger partial charge is 0.322 e. The molecular formula is C13H14N4O4. The van der Waals surface area contributed by atoms with Crippen molar-refractivity contribution in [1.82, 2.24) is 21.3 Å². The van der Waals surface area contributed by atoms with E-state index in [0.29, 0.717) is 5.56 Å². The summed E-state index contributed by atoms with van der Waals surface area (Å²) in [6.45, 7) is -0.242. The Bertz CT molecular complexity index is 573. The number of rotatable bonds is 5. The molecular weight excluding hydrogens is 276 g/mol. The molecule has 1 fully saturated rings. The highest BCUT2D eigenvalue weighted by Crippen LogP contribution is 1.97. The molecule has 5 amide bonds. The molecule has 2 rings (SSSR count). The van der Waals surface area contributed by atoms with Gasteiger partial charge in [0.05, 0.1) is 6.54 Å². The van der Waals surface area contributed by atoms with E-state index < -0.39 is 23.9 Å². The summed E-state index contributed by atoms with van der Waals surface area (Å²) in [6.07, 6.45) is 0. The van der Waals surface area contributed by atoms with Crippen LogP contribution in [0.1, 0.15) is 10.4 Å². The van der Waals surface area contributed by atoms with Gasteiger partial charge in [0.15, 0.2) is 0 Å². The first kappa shape index (κ1) is 14.5. The van der Waals surface area contributed by atoms with Crippen molar-refractivity contribution in [3.8, 4) is 0 Å². The van der Waals surface area contributed by atoms with Crippen molar-refractivity contribution >= 4 is 23.8 Å². The lowest BCUT2D eigenvalue weighted by atomic mass is 10.2. The summed E-state index contributed by atoms with van der Waals surface area (Å²) in [6, 6.07) is 7.11. The maximum absolute atomic E-state index is 11.7. The van der Waals surface area contributed by atoms with Crippen molar-refractivity contribution in [3.05, 3.63) is 35.9 Å². The number of hydrogen-bond donors (Lipinski definition) is 4. The second-order valence-electron chi connectivity index (χ2n) is 4.37. The zero-order valence-corrected chi connectivity index (χ0v) is 11.0. The van der Waals surface area contributed by atoms with E-state index in [-0.39, 0.29) is 19.0 Å². The third-order valence-electron chi connectivity index (χ3n) is 2.81. The van der Waals surface area contributed by atoms with E-state index in [1.54, 1.807) is 30.3 Å². The fourth-order valence-corrected chi connectivity index (χ4v) is 1.73. The van der Waals surface area contributed by atoms with Crippen molar-refractivity contribution < 1.29 is 19.2 Å². The van der Waals surface area contributed by atoms with Gasteiger partial charge in [0.1, 0.15) is 6.04 Å². The van der Waals surface area contributed by atoms with E-state index in [2.05, 4.69) is 21.3 Å². The molecule has 8 nitrogen and oxygen atoms in total. The summed E-state index contributed by atoms with van der Waals surface area (Å²) < 4.78 is 0. The van der Waals surface area contributed by atoms with Gasteiger partial charge in [-0.25, -0.2) is 4.79 Å². The monoisotopic (exact) mass is 290 g/mol. The molecule has 0 aromatic heterocycles. The van der Waals surface area contributed by atoms with Crippen molar-refractivity contribution in [2.45, 2.75) is 6.04 Å². The number of amides is 5. The van der Waals surface area contributed by atoms with Crippen LogP contribution in [0.4, 0.5) is 4.79 Å². The lowest BCUT2D eigenvalue weighted by Crippen LogP contribution is -2.44. The zero-order chi connectivity index (χ0) is 15.2. The molecule has 21 heavy (non-hydrogen) atoms. The number of carbonyl (C=O) groups is 4. The minimum absolute atomic E-state index is 0.0301. The first-order chi connectivity index (χ1) is 10.1. The van der Waals surface area contributed by atoms with Crippen LogP contribution < -0.4 is 21.3 Å². The molecule has 1 aromatic rings. The second kappa shape index (κ2) is 6.51. The molecule has 1 saturated heterocycles. The van der Waals surface area contributed by atoms with E-state index in [1.807, 2.05) is 0 Å². The Hall–Kier alpha value is -2.90. The quantitative estimate of drug-likeness (QED) is 0.506. The van der Waals surface area contributed by atoms with Gasteiger partial charge in [-0.3, -0.25) is 19.7 Å². The standard InChI is InChI=1S/C13H14N4O4/c18-10(14-6-9-12(20)17-13(21)16-9)7-15-11(19)8-4-2-1-3-5-8/h1-5,9H,6-7H2,(H,14,18)(H,15,19)(H2,16,17,20,21). The maximum atomic E-state index is 11.7. The highest BCUT2D eigenvalue weighted by molar-refractivity contribution is 6.04. The van der Waals surface area contributed by atoms with E-state index in [9.17, 15) is 19.2 Å². The van der Waals surface area contributed by atoms with Crippen LogP contribution in [-0.4, -0.2) is 42.9 Å². The molecule has 0 spiro atoms. The Morgan fingerprint density at radius 1 is 1.10 bits per heavy atom. The predicted octanol–water partition coefficient (Wildman–Crippen LogP) is -1.26. The van der Waals surface area contributed by atoms with Crippen LogP contribution >= 0.6 is 0 Å². The molecule has 0 radical (unpaired) electrons. The SMILES string of the molecule is O=C(CNC(=O)c1ccccc1)NCC1NC(=O)NC1=O. The minimum atomic E-state index is -0.786. The Morgan fingerprint density at radius 3 is 2.43 bits per heavy atom. The minimum Gasteiger partial charge on any atom is -0.352 e. The average molecular weight is 290 g/mol. The number of imide groups is 1. The summed E-state index contributed by atoms with van der Waals surface area (Å²) >= 11 is 0. The lowest BCUT2D eigenvalue weighted by molar-refractivity contribution is -0.121. The molecule has 8 heteroatoms. The highest BCUT2D eigenvalue weighted by Gasteiger charge is 2.29. The van der Waals surface area contributed by atoms with Gasteiger partial charge < -0.3 is 16.0 Å². The molecule has 1 unspecified atom stereocenters. The summed E-state index contributed by atoms with van der Waals surface area (Å²) in [5, 5.41) is 9.31. The topological polar surface area (TPSA) is 116 Å².